The molecule has 0 saturated carbocycles. The fourth-order valence-corrected chi connectivity index (χ4v) is 2.91. The van der Waals surface area contributed by atoms with Crippen LogP contribution in [0.25, 0.3) is 0 Å². The van der Waals surface area contributed by atoms with Crippen molar-refractivity contribution in [3.8, 4) is 5.75 Å². The van der Waals surface area contributed by atoms with Crippen molar-refractivity contribution in [2.45, 2.75) is 19.9 Å². The van der Waals surface area contributed by atoms with Gasteiger partial charge < -0.3 is 4.74 Å². The lowest BCUT2D eigenvalue weighted by atomic mass is 10.00. The summed E-state index contributed by atoms with van der Waals surface area (Å²) in [7, 11) is 0. The second-order valence-electron chi connectivity index (χ2n) is 6.01. The first-order valence-corrected chi connectivity index (χ1v) is 8.66. The molecule has 26 heavy (non-hydrogen) atoms. The van der Waals surface area contributed by atoms with Crippen molar-refractivity contribution < 1.29 is 4.74 Å². The Bertz CT molecular complexity index is 1020. The quantitative estimate of drug-likeness (QED) is 0.724. The highest BCUT2D eigenvalue weighted by molar-refractivity contribution is 6.30. The number of halogens is 1. The summed E-state index contributed by atoms with van der Waals surface area (Å²) in [6, 6.07) is 15.0. The van der Waals surface area contributed by atoms with Crippen LogP contribution in [-0.2, 0) is 13.0 Å². The maximum Gasteiger partial charge on any atom is 0.328 e. The molecule has 2 aromatic carbocycles. The normalized spacial score (nSPS) is 10.7. The summed E-state index contributed by atoms with van der Waals surface area (Å²) in [5, 5.41) is 0.651. The molecule has 0 spiro atoms. The second kappa shape index (κ2) is 8.06. The monoisotopic (exact) mass is 370 g/mol. The number of nitrogens with one attached hydrogen (secondary N) is 1. The van der Waals surface area contributed by atoms with Crippen LogP contribution >= 0.6 is 11.6 Å². The van der Waals surface area contributed by atoms with E-state index >= 15 is 0 Å². The molecule has 0 unspecified atom stereocenters. The van der Waals surface area contributed by atoms with E-state index in [2.05, 4.69) is 24.0 Å². The van der Waals surface area contributed by atoms with Gasteiger partial charge in [0.2, 0.25) is 0 Å². The number of hydrogen-bond donors (Lipinski definition) is 1. The number of rotatable bonds is 6. The van der Waals surface area contributed by atoms with Gasteiger partial charge in [0.15, 0.2) is 0 Å². The number of aromatic nitrogens is 2. The van der Waals surface area contributed by atoms with Crippen molar-refractivity contribution in [3.05, 3.63) is 97.3 Å². The highest BCUT2D eigenvalue weighted by Crippen LogP contribution is 2.26. The van der Waals surface area contributed by atoms with Crippen molar-refractivity contribution in [2.24, 2.45) is 0 Å². The highest BCUT2D eigenvalue weighted by Gasteiger charge is 2.08. The van der Waals surface area contributed by atoms with E-state index in [-0.39, 0.29) is 0 Å². The summed E-state index contributed by atoms with van der Waals surface area (Å²) in [6.07, 6.45) is 2.17. The molecule has 1 N–H and O–H groups in total. The van der Waals surface area contributed by atoms with E-state index in [0.29, 0.717) is 24.6 Å². The highest BCUT2D eigenvalue weighted by atomic mass is 35.5. The van der Waals surface area contributed by atoms with Crippen LogP contribution in [0, 0.1) is 6.92 Å². The fraction of sp³-hybridized carbons (Fsp3) is 0.200. The molecular weight excluding hydrogens is 352 g/mol. The smallest absolute Gasteiger partial charge is 0.328 e. The molecule has 0 amide bonds. The molecule has 6 heteroatoms. The predicted molar refractivity (Wildman–Crippen MR) is 102 cm³/mol. The van der Waals surface area contributed by atoms with Gasteiger partial charge in [-0.05, 0) is 41.8 Å². The SMILES string of the molecule is Cc1ccccc1Cc1cc(Cl)ccc1OCCn1ccc(=O)[nH]c1=O. The van der Waals surface area contributed by atoms with Gasteiger partial charge in [0.25, 0.3) is 5.56 Å². The minimum absolute atomic E-state index is 0.300. The summed E-state index contributed by atoms with van der Waals surface area (Å²) in [5.74, 6) is 0.732. The maximum absolute atomic E-state index is 11.7. The van der Waals surface area contributed by atoms with Gasteiger partial charge in [-0.2, -0.15) is 0 Å². The number of aromatic amines is 1. The summed E-state index contributed by atoms with van der Waals surface area (Å²) in [4.78, 5) is 25.0. The van der Waals surface area contributed by atoms with E-state index in [1.54, 1.807) is 6.07 Å². The van der Waals surface area contributed by atoms with Crippen LogP contribution < -0.4 is 16.0 Å². The number of ether oxygens (including phenoxy) is 1. The van der Waals surface area contributed by atoms with Crippen LogP contribution in [0.3, 0.4) is 0 Å². The average Bonchev–Trinajstić information content (AvgIpc) is 2.60. The molecule has 0 saturated heterocycles. The Morgan fingerprint density at radius 2 is 1.88 bits per heavy atom. The van der Waals surface area contributed by atoms with Gasteiger partial charge >= 0.3 is 5.69 Å². The molecule has 3 rings (SSSR count). The predicted octanol–water partition coefficient (Wildman–Crippen LogP) is 3.17. The van der Waals surface area contributed by atoms with Crippen molar-refractivity contribution in [2.75, 3.05) is 6.61 Å². The van der Waals surface area contributed by atoms with Crippen LogP contribution in [0.2, 0.25) is 5.02 Å². The van der Waals surface area contributed by atoms with Crippen LogP contribution in [-0.4, -0.2) is 16.2 Å². The minimum Gasteiger partial charge on any atom is -0.491 e. The lowest BCUT2D eigenvalue weighted by Crippen LogP contribution is -2.30. The van der Waals surface area contributed by atoms with Crippen LogP contribution in [0.4, 0.5) is 0 Å². The van der Waals surface area contributed by atoms with E-state index in [1.165, 1.54) is 28.0 Å². The number of nitrogens with zero attached hydrogens (tertiary/aromatic N) is 1. The Labute approximate surface area is 155 Å². The molecule has 5 nitrogen and oxygen atoms in total. The zero-order valence-electron chi connectivity index (χ0n) is 14.4. The van der Waals surface area contributed by atoms with Crippen molar-refractivity contribution in [1.29, 1.82) is 0 Å². The Balaban J connectivity index is 1.74. The van der Waals surface area contributed by atoms with Crippen molar-refractivity contribution in [1.82, 2.24) is 9.55 Å². The van der Waals surface area contributed by atoms with Crippen LogP contribution in [0.5, 0.6) is 5.75 Å². The number of benzene rings is 2. The lowest BCUT2D eigenvalue weighted by Gasteiger charge is -2.14. The van der Waals surface area contributed by atoms with Gasteiger partial charge in [0.05, 0.1) is 6.54 Å². The van der Waals surface area contributed by atoms with E-state index in [9.17, 15) is 9.59 Å². The van der Waals surface area contributed by atoms with E-state index < -0.39 is 11.2 Å². The molecule has 0 aliphatic rings. The Morgan fingerprint density at radius 1 is 1.08 bits per heavy atom. The minimum atomic E-state index is -0.447. The molecule has 1 heterocycles. The Hall–Kier alpha value is -2.79. The number of aryl methyl sites for hydroxylation is 1. The number of hydrogen-bond acceptors (Lipinski definition) is 3. The molecule has 0 atom stereocenters. The second-order valence-corrected chi connectivity index (χ2v) is 6.44. The third-order valence-corrected chi connectivity index (χ3v) is 4.39. The largest absolute Gasteiger partial charge is 0.491 e. The van der Waals surface area contributed by atoms with Gasteiger partial charge in [-0.1, -0.05) is 35.9 Å². The molecule has 1 aromatic heterocycles. The molecule has 0 radical (unpaired) electrons. The third-order valence-electron chi connectivity index (χ3n) is 4.15. The Morgan fingerprint density at radius 3 is 2.65 bits per heavy atom. The number of H-pyrrole nitrogens is 1. The zero-order valence-corrected chi connectivity index (χ0v) is 15.1. The first-order chi connectivity index (χ1) is 12.5. The third kappa shape index (κ3) is 4.43. The van der Waals surface area contributed by atoms with Crippen LogP contribution in [0.15, 0.2) is 64.3 Å². The summed E-state index contributed by atoms with van der Waals surface area (Å²) in [6.45, 7) is 2.71. The zero-order chi connectivity index (χ0) is 18.5. The fourth-order valence-electron chi connectivity index (χ4n) is 2.71. The van der Waals surface area contributed by atoms with Crippen molar-refractivity contribution in [3.63, 3.8) is 0 Å². The topological polar surface area (TPSA) is 64.1 Å². The molecular formula is C20H19ClN2O3. The van der Waals surface area contributed by atoms with Gasteiger partial charge in [-0.3, -0.25) is 14.3 Å². The molecule has 0 bridgehead atoms. The lowest BCUT2D eigenvalue weighted by molar-refractivity contribution is 0.293. The molecule has 0 aliphatic heterocycles. The Kier molecular flexibility index (Phi) is 5.58. The standard InChI is InChI=1S/C20H19ClN2O3/c1-14-4-2-3-5-15(14)12-16-13-17(21)6-7-18(16)26-11-10-23-9-8-19(24)22-20(23)25/h2-9,13H,10-12H2,1H3,(H,22,24,25). The van der Waals surface area contributed by atoms with Gasteiger partial charge in [0, 0.05) is 23.7 Å². The average molecular weight is 371 g/mol. The van der Waals surface area contributed by atoms with Gasteiger partial charge in [-0.25, -0.2) is 4.79 Å². The summed E-state index contributed by atoms with van der Waals surface area (Å²) in [5.41, 5.74) is 2.54. The van der Waals surface area contributed by atoms with Crippen molar-refractivity contribution >= 4 is 11.6 Å². The van der Waals surface area contributed by atoms with E-state index in [1.807, 2.05) is 24.3 Å². The first-order valence-electron chi connectivity index (χ1n) is 8.28. The van der Waals surface area contributed by atoms with Crippen LogP contribution in [0.1, 0.15) is 16.7 Å². The van der Waals surface area contributed by atoms with E-state index in [4.69, 9.17) is 16.3 Å². The van der Waals surface area contributed by atoms with E-state index in [0.717, 1.165) is 11.3 Å². The van der Waals surface area contributed by atoms with Gasteiger partial charge in [-0.15, -0.1) is 0 Å². The molecule has 0 aliphatic carbocycles. The first kappa shape index (κ1) is 18.0. The summed E-state index contributed by atoms with van der Waals surface area (Å²) >= 11 is 6.15. The molecule has 3 aromatic rings. The molecule has 134 valence electrons. The summed E-state index contributed by atoms with van der Waals surface area (Å²) < 4.78 is 7.28. The van der Waals surface area contributed by atoms with Gasteiger partial charge in [0.1, 0.15) is 12.4 Å². The maximum atomic E-state index is 11.7. The molecule has 0 fully saturated rings.